The van der Waals surface area contributed by atoms with E-state index in [0.29, 0.717) is 26.3 Å². The van der Waals surface area contributed by atoms with Crippen LogP contribution in [0.5, 0.6) is 5.75 Å². The lowest BCUT2D eigenvalue weighted by atomic mass is 9.96. The minimum atomic E-state index is -0.00993. The number of aromatic nitrogens is 1. The van der Waals surface area contributed by atoms with Crippen LogP contribution < -0.4 is 4.74 Å². The van der Waals surface area contributed by atoms with E-state index in [2.05, 4.69) is 31.2 Å². The SMILES string of the molecule is CCCOCCN1Cc2cc(OCCc3ccc4c(n3)CCCC4)ccc2C[C@@H](C)C1=O. The third-order valence-corrected chi connectivity index (χ3v) is 6.52. The molecule has 0 bridgehead atoms. The standard InChI is InChI=1S/C27H36N2O3/c1-3-14-31-16-13-29-19-23-18-25(11-9-22(23)17-20(2)27(29)30)32-15-12-24-10-8-21-6-4-5-7-26(21)28-24/h8-11,18,20H,3-7,12-17,19H2,1-2H3/t20-/m1/s1. The van der Waals surface area contributed by atoms with Crippen LogP contribution in [0.4, 0.5) is 0 Å². The molecular formula is C27H36N2O3. The van der Waals surface area contributed by atoms with Crippen LogP contribution in [0.1, 0.15) is 61.2 Å². The first-order valence-electron chi connectivity index (χ1n) is 12.2. The van der Waals surface area contributed by atoms with Gasteiger partial charge in [-0.25, -0.2) is 0 Å². The first kappa shape index (κ1) is 22.8. The zero-order chi connectivity index (χ0) is 22.3. The highest BCUT2D eigenvalue weighted by molar-refractivity contribution is 5.79. The van der Waals surface area contributed by atoms with Crippen LogP contribution in [0.15, 0.2) is 30.3 Å². The molecule has 4 rings (SSSR count). The lowest BCUT2D eigenvalue weighted by Gasteiger charge is -2.23. The molecule has 1 amide bonds. The Morgan fingerprint density at radius 3 is 2.75 bits per heavy atom. The molecule has 172 valence electrons. The van der Waals surface area contributed by atoms with Gasteiger partial charge in [0.25, 0.3) is 0 Å². The van der Waals surface area contributed by atoms with Gasteiger partial charge >= 0.3 is 0 Å². The second kappa shape index (κ2) is 11.0. The van der Waals surface area contributed by atoms with Gasteiger partial charge in [0, 0.05) is 43.4 Å². The molecule has 1 aromatic carbocycles. The lowest BCUT2D eigenvalue weighted by Crippen LogP contribution is -2.36. The fourth-order valence-electron chi connectivity index (χ4n) is 4.70. The van der Waals surface area contributed by atoms with Gasteiger partial charge in [-0.3, -0.25) is 9.78 Å². The Balaban J connectivity index is 1.37. The normalized spacial score (nSPS) is 18.1. The number of hydrogen-bond acceptors (Lipinski definition) is 4. The van der Waals surface area contributed by atoms with Crippen LogP contribution in [0, 0.1) is 5.92 Å². The number of carbonyl (C=O) groups is 1. The van der Waals surface area contributed by atoms with Crippen molar-refractivity contribution in [3.05, 3.63) is 58.4 Å². The van der Waals surface area contributed by atoms with Crippen molar-refractivity contribution < 1.29 is 14.3 Å². The zero-order valence-electron chi connectivity index (χ0n) is 19.6. The van der Waals surface area contributed by atoms with Crippen LogP contribution in [0.2, 0.25) is 0 Å². The average Bonchev–Trinajstić information content (AvgIpc) is 2.92. The summed E-state index contributed by atoms with van der Waals surface area (Å²) >= 11 is 0. The molecule has 5 heteroatoms. The summed E-state index contributed by atoms with van der Waals surface area (Å²) in [6, 6.07) is 10.7. The second-order valence-corrected chi connectivity index (χ2v) is 9.12. The Kier molecular flexibility index (Phi) is 7.80. The zero-order valence-corrected chi connectivity index (χ0v) is 19.6. The van der Waals surface area contributed by atoms with E-state index in [9.17, 15) is 4.79 Å². The molecule has 0 radical (unpaired) electrons. The van der Waals surface area contributed by atoms with Crippen LogP contribution in [-0.2, 0) is 41.8 Å². The molecule has 2 aromatic rings. The van der Waals surface area contributed by atoms with E-state index in [-0.39, 0.29) is 11.8 Å². The van der Waals surface area contributed by atoms with Gasteiger partial charge in [-0.05, 0) is 73.4 Å². The fourth-order valence-corrected chi connectivity index (χ4v) is 4.70. The van der Waals surface area contributed by atoms with Crippen molar-refractivity contribution in [1.29, 1.82) is 0 Å². The van der Waals surface area contributed by atoms with Crippen molar-refractivity contribution in [3.8, 4) is 5.75 Å². The van der Waals surface area contributed by atoms with Gasteiger partial charge in [0.2, 0.25) is 5.91 Å². The van der Waals surface area contributed by atoms with E-state index in [4.69, 9.17) is 14.5 Å². The minimum absolute atomic E-state index is 0.00993. The van der Waals surface area contributed by atoms with Crippen LogP contribution in [0.25, 0.3) is 0 Å². The number of nitrogens with zero attached hydrogens (tertiary/aromatic N) is 2. The van der Waals surface area contributed by atoms with Gasteiger partial charge in [0.15, 0.2) is 0 Å². The number of ether oxygens (including phenoxy) is 2. The summed E-state index contributed by atoms with van der Waals surface area (Å²) in [7, 11) is 0. The number of fused-ring (bicyclic) bond motifs is 2. The molecule has 0 fully saturated rings. The molecule has 2 heterocycles. The number of hydrogen-bond donors (Lipinski definition) is 0. The molecule has 5 nitrogen and oxygen atoms in total. The first-order chi connectivity index (χ1) is 15.6. The second-order valence-electron chi connectivity index (χ2n) is 9.12. The average molecular weight is 437 g/mol. The van der Waals surface area contributed by atoms with Gasteiger partial charge in [-0.1, -0.05) is 26.0 Å². The summed E-state index contributed by atoms with van der Waals surface area (Å²) in [4.78, 5) is 19.6. The molecule has 0 spiro atoms. The monoisotopic (exact) mass is 436 g/mol. The van der Waals surface area contributed by atoms with Crippen molar-refractivity contribution in [1.82, 2.24) is 9.88 Å². The highest BCUT2D eigenvalue weighted by Gasteiger charge is 2.26. The van der Waals surface area contributed by atoms with E-state index in [1.165, 1.54) is 35.2 Å². The summed E-state index contributed by atoms with van der Waals surface area (Å²) in [6.07, 6.45) is 7.37. The van der Waals surface area contributed by atoms with Crippen molar-refractivity contribution in [2.45, 2.75) is 65.3 Å². The van der Waals surface area contributed by atoms with Crippen molar-refractivity contribution in [2.24, 2.45) is 5.92 Å². The Morgan fingerprint density at radius 2 is 1.88 bits per heavy atom. The summed E-state index contributed by atoms with van der Waals surface area (Å²) in [5.41, 5.74) is 6.23. The molecule has 1 aliphatic carbocycles. The molecule has 1 atom stereocenters. The Hall–Kier alpha value is -2.40. The quantitative estimate of drug-likeness (QED) is 0.542. The van der Waals surface area contributed by atoms with E-state index in [1.807, 2.05) is 17.9 Å². The lowest BCUT2D eigenvalue weighted by molar-refractivity contribution is -0.136. The van der Waals surface area contributed by atoms with E-state index in [1.54, 1.807) is 0 Å². The molecule has 2 aliphatic rings. The largest absolute Gasteiger partial charge is 0.493 e. The third kappa shape index (κ3) is 5.69. The predicted molar refractivity (Wildman–Crippen MR) is 126 cm³/mol. The van der Waals surface area contributed by atoms with E-state index >= 15 is 0 Å². The summed E-state index contributed by atoms with van der Waals surface area (Å²) < 4.78 is 11.7. The number of pyridine rings is 1. The van der Waals surface area contributed by atoms with Gasteiger partial charge in [0.05, 0.1) is 13.2 Å². The smallest absolute Gasteiger partial charge is 0.226 e. The predicted octanol–water partition coefficient (Wildman–Crippen LogP) is 4.53. The molecule has 0 unspecified atom stereocenters. The van der Waals surface area contributed by atoms with Crippen LogP contribution in [-0.4, -0.2) is 42.2 Å². The van der Waals surface area contributed by atoms with E-state index < -0.39 is 0 Å². The maximum Gasteiger partial charge on any atom is 0.226 e. The number of rotatable bonds is 9. The Labute approximate surface area is 192 Å². The van der Waals surface area contributed by atoms with Gasteiger partial charge in [-0.2, -0.15) is 0 Å². The van der Waals surface area contributed by atoms with Gasteiger partial charge in [0.1, 0.15) is 5.75 Å². The first-order valence-corrected chi connectivity index (χ1v) is 12.2. The highest BCUT2D eigenvalue weighted by Crippen LogP contribution is 2.27. The topological polar surface area (TPSA) is 51.7 Å². The molecule has 32 heavy (non-hydrogen) atoms. The maximum atomic E-state index is 12.8. The number of aryl methyl sites for hydroxylation is 2. The molecule has 1 aliphatic heterocycles. The molecule has 0 saturated carbocycles. The fraction of sp³-hybridized carbons (Fsp3) is 0.556. The van der Waals surface area contributed by atoms with E-state index in [0.717, 1.165) is 50.2 Å². The molecule has 0 saturated heterocycles. The minimum Gasteiger partial charge on any atom is -0.493 e. The van der Waals surface area contributed by atoms with Crippen LogP contribution in [0.3, 0.4) is 0 Å². The molecule has 1 aromatic heterocycles. The maximum absolute atomic E-state index is 12.8. The number of carbonyl (C=O) groups excluding carboxylic acids is 1. The van der Waals surface area contributed by atoms with Crippen LogP contribution >= 0.6 is 0 Å². The third-order valence-electron chi connectivity index (χ3n) is 6.52. The van der Waals surface area contributed by atoms with Crippen molar-refractivity contribution in [2.75, 3.05) is 26.4 Å². The van der Waals surface area contributed by atoms with Gasteiger partial charge in [-0.15, -0.1) is 0 Å². The summed E-state index contributed by atoms with van der Waals surface area (Å²) in [5, 5.41) is 0. The number of benzene rings is 1. The number of amides is 1. The van der Waals surface area contributed by atoms with Crippen molar-refractivity contribution >= 4 is 5.91 Å². The Morgan fingerprint density at radius 1 is 1.03 bits per heavy atom. The molecule has 0 N–H and O–H groups in total. The van der Waals surface area contributed by atoms with Crippen molar-refractivity contribution in [3.63, 3.8) is 0 Å². The summed E-state index contributed by atoms with van der Waals surface area (Å²) in [5.74, 6) is 1.07. The van der Waals surface area contributed by atoms with Gasteiger partial charge < -0.3 is 14.4 Å². The summed E-state index contributed by atoms with van der Waals surface area (Å²) in [6.45, 7) is 7.31. The Bertz CT molecular complexity index is 927. The highest BCUT2D eigenvalue weighted by atomic mass is 16.5. The molecular weight excluding hydrogens is 400 g/mol.